The Morgan fingerprint density at radius 3 is 2.65 bits per heavy atom. The SMILES string of the molecule is CCN1CCC(N(C)C(=O)Nc2ccc(-c3ncn(C)n3)cc2)CC1C. The summed E-state index contributed by atoms with van der Waals surface area (Å²) >= 11 is 0. The van der Waals surface area contributed by atoms with Crippen molar-refractivity contribution in [1.29, 1.82) is 0 Å². The van der Waals surface area contributed by atoms with Gasteiger partial charge < -0.3 is 15.1 Å². The number of aryl methyl sites for hydroxylation is 1. The van der Waals surface area contributed by atoms with Crippen LogP contribution in [0.5, 0.6) is 0 Å². The topological polar surface area (TPSA) is 66.3 Å². The lowest BCUT2D eigenvalue weighted by Crippen LogP contribution is -2.50. The summed E-state index contributed by atoms with van der Waals surface area (Å²) in [5.41, 5.74) is 1.71. The molecule has 0 saturated carbocycles. The third-order valence-electron chi connectivity index (χ3n) is 5.25. The fourth-order valence-electron chi connectivity index (χ4n) is 3.57. The standard InChI is InChI=1S/C19H28N6O/c1-5-25-11-10-17(12-14(25)2)24(4)19(26)21-16-8-6-15(7-9-16)18-20-13-23(3)22-18/h6-9,13-14,17H,5,10-12H2,1-4H3,(H,21,26). The van der Waals surface area contributed by atoms with Crippen molar-refractivity contribution in [2.45, 2.75) is 38.8 Å². The van der Waals surface area contributed by atoms with Gasteiger partial charge in [0.1, 0.15) is 6.33 Å². The lowest BCUT2D eigenvalue weighted by atomic mass is 9.97. The van der Waals surface area contributed by atoms with Crippen molar-refractivity contribution in [3.05, 3.63) is 30.6 Å². The Labute approximate surface area is 155 Å². The van der Waals surface area contributed by atoms with Crippen LogP contribution in [0.25, 0.3) is 11.4 Å². The summed E-state index contributed by atoms with van der Waals surface area (Å²) in [6.45, 7) is 6.55. The van der Waals surface area contributed by atoms with Crippen molar-refractivity contribution in [3.63, 3.8) is 0 Å². The van der Waals surface area contributed by atoms with Crippen molar-refractivity contribution in [3.8, 4) is 11.4 Å². The van der Waals surface area contributed by atoms with E-state index >= 15 is 0 Å². The molecular weight excluding hydrogens is 328 g/mol. The van der Waals surface area contributed by atoms with E-state index < -0.39 is 0 Å². The molecule has 2 unspecified atom stereocenters. The van der Waals surface area contributed by atoms with Gasteiger partial charge in [-0.2, -0.15) is 5.10 Å². The molecule has 1 aromatic heterocycles. The zero-order chi connectivity index (χ0) is 18.7. The summed E-state index contributed by atoms with van der Waals surface area (Å²) in [6.07, 6.45) is 3.71. The van der Waals surface area contributed by atoms with E-state index in [1.54, 1.807) is 11.0 Å². The number of hydrogen-bond donors (Lipinski definition) is 1. The van der Waals surface area contributed by atoms with Crippen LogP contribution in [0.4, 0.5) is 10.5 Å². The number of nitrogens with zero attached hydrogens (tertiary/aromatic N) is 5. The fraction of sp³-hybridized carbons (Fsp3) is 0.526. The minimum absolute atomic E-state index is 0.0594. The van der Waals surface area contributed by atoms with Crippen LogP contribution in [0.3, 0.4) is 0 Å². The Balaban J connectivity index is 1.59. The molecular formula is C19H28N6O. The Hall–Kier alpha value is -2.41. The molecule has 2 amide bonds. The van der Waals surface area contributed by atoms with Crippen LogP contribution in [0.2, 0.25) is 0 Å². The quantitative estimate of drug-likeness (QED) is 0.915. The summed E-state index contributed by atoms with van der Waals surface area (Å²) in [4.78, 5) is 21.1. The largest absolute Gasteiger partial charge is 0.325 e. The third-order valence-corrected chi connectivity index (χ3v) is 5.25. The van der Waals surface area contributed by atoms with Gasteiger partial charge in [0.25, 0.3) is 0 Å². The van der Waals surface area contributed by atoms with Crippen molar-refractivity contribution >= 4 is 11.7 Å². The van der Waals surface area contributed by atoms with E-state index in [-0.39, 0.29) is 12.1 Å². The van der Waals surface area contributed by atoms with E-state index in [0.29, 0.717) is 11.9 Å². The van der Waals surface area contributed by atoms with Gasteiger partial charge in [-0.3, -0.25) is 4.68 Å². The maximum absolute atomic E-state index is 12.6. The number of carbonyl (C=O) groups is 1. The highest BCUT2D eigenvalue weighted by Gasteiger charge is 2.29. The minimum Gasteiger partial charge on any atom is -0.325 e. The second-order valence-electron chi connectivity index (χ2n) is 7.02. The molecule has 1 fully saturated rings. The van der Waals surface area contributed by atoms with E-state index in [1.165, 1.54) is 0 Å². The second kappa shape index (κ2) is 7.86. The van der Waals surface area contributed by atoms with Crippen LogP contribution in [-0.4, -0.2) is 62.8 Å². The molecule has 140 valence electrons. The van der Waals surface area contributed by atoms with Crippen LogP contribution < -0.4 is 5.32 Å². The Morgan fingerprint density at radius 1 is 1.35 bits per heavy atom. The highest BCUT2D eigenvalue weighted by Crippen LogP contribution is 2.22. The molecule has 0 spiro atoms. The molecule has 7 heteroatoms. The molecule has 2 atom stereocenters. The zero-order valence-electron chi connectivity index (χ0n) is 16.0. The first-order valence-electron chi connectivity index (χ1n) is 9.22. The van der Waals surface area contributed by atoms with E-state index in [4.69, 9.17) is 0 Å². The van der Waals surface area contributed by atoms with Gasteiger partial charge in [-0.1, -0.05) is 6.92 Å². The molecule has 7 nitrogen and oxygen atoms in total. The van der Waals surface area contributed by atoms with E-state index in [2.05, 4.69) is 34.1 Å². The number of piperidine rings is 1. The van der Waals surface area contributed by atoms with Gasteiger partial charge in [0.05, 0.1) is 0 Å². The number of benzene rings is 1. The molecule has 1 saturated heterocycles. The van der Waals surface area contributed by atoms with Gasteiger partial charge in [0, 0.05) is 44.0 Å². The molecule has 0 bridgehead atoms. The number of rotatable bonds is 4. The Morgan fingerprint density at radius 2 is 2.08 bits per heavy atom. The number of aromatic nitrogens is 3. The minimum atomic E-state index is -0.0594. The van der Waals surface area contributed by atoms with Gasteiger partial charge in [-0.15, -0.1) is 0 Å². The summed E-state index contributed by atoms with van der Waals surface area (Å²) in [5, 5.41) is 7.28. The molecule has 0 radical (unpaired) electrons. The lowest BCUT2D eigenvalue weighted by molar-refractivity contribution is 0.104. The molecule has 2 aromatic rings. The number of hydrogen-bond acceptors (Lipinski definition) is 4. The fourth-order valence-corrected chi connectivity index (χ4v) is 3.57. The number of likely N-dealkylation sites (tertiary alicyclic amines) is 1. The van der Waals surface area contributed by atoms with E-state index in [0.717, 1.165) is 37.2 Å². The molecule has 1 aliphatic rings. The van der Waals surface area contributed by atoms with Crippen LogP contribution in [-0.2, 0) is 7.05 Å². The first kappa shape index (κ1) is 18.4. The molecule has 1 aromatic carbocycles. The van der Waals surface area contributed by atoms with E-state index in [1.807, 2.05) is 43.3 Å². The van der Waals surface area contributed by atoms with Crippen LogP contribution in [0.1, 0.15) is 26.7 Å². The van der Waals surface area contributed by atoms with Gasteiger partial charge in [-0.25, -0.2) is 9.78 Å². The highest BCUT2D eigenvalue weighted by atomic mass is 16.2. The Kier molecular flexibility index (Phi) is 5.56. The van der Waals surface area contributed by atoms with Gasteiger partial charge in [0.2, 0.25) is 0 Å². The molecule has 26 heavy (non-hydrogen) atoms. The molecule has 3 rings (SSSR count). The third kappa shape index (κ3) is 4.04. The first-order valence-corrected chi connectivity index (χ1v) is 9.22. The van der Waals surface area contributed by atoms with Crippen molar-refractivity contribution in [1.82, 2.24) is 24.6 Å². The average molecular weight is 356 g/mol. The number of urea groups is 1. The van der Waals surface area contributed by atoms with Gasteiger partial charge in [0.15, 0.2) is 5.82 Å². The maximum Gasteiger partial charge on any atom is 0.321 e. The van der Waals surface area contributed by atoms with E-state index in [9.17, 15) is 4.79 Å². The highest BCUT2D eigenvalue weighted by molar-refractivity contribution is 5.89. The normalized spacial score (nSPS) is 20.8. The summed E-state index contributed by atoms with van der Waals surface area (Å²) in [5.74, 6) is 0.680. The molecule has 2 heterocycles. The average Bonchev–Trinajstić information content (AvgIpc) is 3.08. The maximum atomic E-state index is 12.6. The molecule has 1 N–H and O–H groups in total. The first-order chi connectivity index (χ1) is 12.5. The number of amides is 2. The number of carbonyl (C=O) groups excluding carboxylic acids is 1. The number of anilines is 1. The predicted octanol–water partition coefficient (Wildman–Crippen LogP) is 2.82. The number of nitrogens with one attached hydrogen (secondary N) is 1. The second-order valence-corrected chi connectivity index (χ2v) is 7.02. The van der Waals surface area contributed by atoms with Crippen molar-refractivity contribution < 1.29 is 4.79 Å². The zero-order valence-corrected chi connectivity index (χ0v) is 16.0. The van der Waals surface area contributed by atoms with Crippen LogP contribution in [0.15, 0.2) is 30.6 Å². The van der Waals surface area contributed by atoms with Crippen molar-refractivity contribution in [2.24, 2.45) is 7.05 Å². The van der Waals surface area contributed by atoms with Crippen LogP contribution in [0, 0.1) is 0 Å². The smallest absolute Gasteiger partial charge is 0.321 e. The summed E-state index contributed by atoms with van der Waals surface area (Å²) < 4.78 is 1.67. The van der Waals surface area contributed by atoms with Gasteiger partial charge >= 0.3 is 6.03 Å². The monoisotopic (exact) mass is 356 g/mol. The molecule has 1 aliphatic heterocycles. The Bertz CT molecular complexity index is 741. The summed E-state index contributed by atoms with van der Waals surface area (Å²) in [7, 11) is 3.73. The lowest BCUT2D eigenvalue weighted by Gasteiger charge is -2.40. The van der Waals surface area contributed by atoms with Crippen LogP contribution >= 0.6 is 0 Å². The summed E-state index contributed by atoms with van der Waals surface area (Å²) in [6, 6.07) is 8.36. The molecule has 0 aliphatic carbocycles. The van der Waals surface area contributed by atoms with Crippen molar-refractivity contribution in [2.75, 3.05) is 25.5 Å². The van der Waals surface area contributed by atoms with Gasteiger partial charge in [-0.05, 0) is 50.6 Å². The predicted molar refractivity (Wildman–Crippen MR) is 103 cm³/mol.